The number of methoxy groups -OCH3 is 1. The van der Waals surface area contributed by atoms with E-state index in [-0.39, 0.29) is 5.97 Å². The fourth-order valence-corrected chi connectivity index (χ4v) is 2.58. The van der Waals surface area contributed by atoms with E-state index in [0.29, 0.717) is 17.4 Å². The molecule has 2 heterocycles. The van der Waals surface area contributed by atoms with Gasteiger partial charge in [-0.15, -0.1) is 0 Å². The number of hydrogen-bond donors (Lipinski definition) is 1. The highest BCUT2D eigenvalue weighted by Gasteiger charge is 2.23. The summed E-state index contributed by atoms with van der Waals surface area (Å²) in [7, 11) is 1.39. The average molecular weight is 266 g/mol. The molecule has 1 aromatic heterocycles. The highest BCUT2D eigenvalue weighted by Crippen LogP contribution is 2.19. The molecule has 19 heavy (non-hydrogen) atoms. The number of rotatable bonds is 5. The first-order valence-corrected chi connectivity index (χ1v) is 6.78. The van der Waals surface area contributed by atoms with E-state index in [1.54, 1.807) is 13.0 Å². The smallest absolute Gasteiger partial charge is 0.341 e. The van der Waals surface area contributed by atoms with E-state index in [2.05, 4.69) is 17.1 Å². The maximum absolute atomic E-state index is 11.6. The van der Waals surface area contributed by atoms with Crippen molar-refractivity contribution < 1.29 is 13.9 Å². The van der Waals surface area contributed by atoms with Gasteiger partial charge in [0.2, 0.25) is 0 Å². The van der Waals surface area contributed by atoms with Gasteiger partial charge in [0.15, 0.2) is 0 Å². The maximum Gasteiger partial charge on any atom is 0.341 e. The highest BCUT2D eigenvalue weighted by atomic mass is 16.5. The SMILES string of the molecule is CCN(Cc1cc(C(=O)OC)c(C)o1)C1CCNC1. The number of carbonyl (C=O) groups is 1. The molecule has 5 nitrogen and oxygen atoms in total. The van der Waals surface area contributed by atoms with Crippen LogP contribution in [0.25, 0.3) is 0 Å². The highest BCUT2D eigenvalue weighted by molar-refractivity contribution is 5.90. The van der Waals surface area contributed by atoms with E-state index in [9.17, 15) is 4.79 Å². The molecule has 1 unspecified atom stereocenters. The van der Waals surface area contributed by atoms with Crippen LogP contribution in [0.2, 0.25) is 0 Å². The van der Waals surface area contributed by atoms with Gasteiger partial charge in [-0.05, 0) is 32.5 Å². The summed E-state index contributed by atoms with van der Waals surface area (Å²) in [5.74, 6) is 1.12. The van der Waals surface area contributed by atoms with Crippen molar-refractivity contribution in [3.63, 3.8) is 0 Å². The maximum atomic E-state index is 11.6. The average Bonchev–Trinajstić information content (AvgIpc) is 3.04. The van der Waals surface area contributed by atoms with Crippen LogP contribution in [0.5, 0.6) is 0 Å². The monoisotopic (exact) mass is 266 g/mol. The minimum atomic E-state index is -0.335. The number of hydrogen-bond acceptors (Lipinski definition) is 5. The second-order valence-electron chi connectivity index (χ2n) is 4.88. The van der Waals surface area contributed by atoms with Crippen LogP contribution >= 0.6 is 0 Å². The van der Waals surface area contributed by atoms with Gasteiger partial charge in [-0.1, -0.05) is 6.92 Å². The molecule has 1 atom stereocenters. The van der Waals surface area contributed by atoms with Crippen LogP contribution < -0.4 is 5.32 Å². The molecule has 0 aliphatic carbocycles. The Labute approximate surface area is 113 Å². The summed E-state index contributed by atoms with van der Waals surface area (Å²) in [5, 5.41) is 3.37. The second kappa shape index (κ2) is 6.21. The van der Waals surface area contributed by atoms with Crippen molar-refractivity contribution in [1.29, 1.82) is 0 Å². The van der Waals surface area contributed by atoms with Gasteiger partial charge in [0, 0.05) is 12.6 Å². The molecule has 2 rings (SSSR count). The van der Waals surface area contributed by atoms with Crippen molar-refractivity contribution in [2.45, 2.75) is 32.9 Å². The zero-order valence-corrected chi connectivity index (χ0v) is 11.9. The van der Waals surface area contributed by atoms with Crippen LogP contribution in [-0.2, 0) is 11.3 Å². The van der Waals surface area contributed by atoms with E-state index in [1.165, 1.54) is 7.11 Å². The lowest BCUT2D eigenvalue weighted by Crippen LogP contribution is -2.36. The standard InChI is InChI=1S/C14H22N2O3/c1-4-16(11-5-6-15-8-11)9-12-7-13(10(2)19-12)14(17)18-3/h7,11,15H,4-6,8-9H2,1-3H3. The molecule has 0 amide bonds. The third-order valence-corrected chi connectivity index (χ3v) is 3.69. The Morgan fingerprint density at radius 1 is 1.63 bits per heavy atom. The van der Waals surface area contributed by atoms with Crippen molar-refractivity contribution in [2.24, 2.45) is 0 Å². The van der Waals surface area contributed by atoms with Crippen LogP contribution in [0.4, 0.5) is 0 Å². The van der Waals surface area contributed by atoms with Crippen molar-refractivity contribution in [2.75, 3.05) is 26.7 Å². The normalized spacial score (nSPS) is 19.1. The molecule has 1 aliphatic heterocycles. The Bertz CT molecular complexity index is 436. The summed E-state index contributed by atoms with van der Waals surface area (Å²) in [6.45, 7) is 7.75. The Hall–Kier alpha value is -1.33. The molecule has 1 aromatic rings. The number of likely N-dealkylation sites (N-methyl/N-ethyl adjacent to an activating group) is 1. The van der Waals surface area contributed by atoms with Gasteiger partial charge < -0.3 is 14.5 Å². The predicted octanol–water partition coefficient (Wildman–Crippen LogP) is 1.56. The lowest BCUT2D eigenvalue weighted by Gasteiger charge is -2.25. The number of nitrogens with one attached hydrogen (secondary N) is 1. The van der Waals surface area contributed by atoms with E-state index in [1.807, 2.05) is 0 Å². The van der Waals surface area contributed by atoms with E-state index in [4.69, 9.17) is 9.15 Å². The molecule has 0 aromatic carbocycles. The number of aryl methyl sites for hydroxylation is 1. The molecule has 0 saturated carbocycles. The number of nitrogens with zero attached hydrogens (tertiary/aromatic N) is 1. The number of carbonyl (C=O) groups excluding carboxylic acids is 1. The molecule has 5 heteroatoms. The first kappa shape index (κ1) is 14.1. The third kappa shape index (κ3) is 3.16. The second-order valence-corrected chi connectivity index (χ2v) is 4.88. The van der Waals surface area contributed by atoms with Crippen LogP contribution in [0.1, 0.15) is 35.2 Å². The molecule has 0 radical (unpaired) electrons. The minimum absolute atomic E-state index is 0.335. The molecule has 0 spiro atoms. The van der Waals surface area contributed by atoms with Gasteiger partial charge in [-0.25, -0.2) is 4.79 Å². The summed E-state index contributed by atoms with van der Waals surface area (Å²) in [4.78, 5) is 13.9. The van der Waals surface area contributed by atoms with E-state index in [0.717, 1.165) is 38.4 Å². The Kier molecular flexibility index (Phi) is 4.61. The molecular weight excluding hydrogens is 244 g/mol. The Morgan fingerprint density at radius 3 is 3.00 bits per heavy atom. The molecule has 1 aliphatic rings. The predicted molar refractivity (Wildman–Crippen MR) is 72.1 cm³/mol. The van der Waals surface area contributed by atoms with Gasteiger partial charge in [-0.3, -0.25) is 4.90 Å². The fraction of sp³-hybridized carbons (Fsp3) is 0.643. The number of esters is 1. The van der Waals surface area contributed by atoms with E-state index < -0.39 is 0 Å². The summed E-state index contributed by atoms with van der Waals surface area (Å²) in [6.07, 6.45) is 1.16. The summed E-state index contributed by atoms with van der Waals surface area (Å²) in [6, 6.07) is 2.35. The van der Waals surface area contributed by atoms with E-state index >= 15 is 0 Å². The molecule has 1 N–H and O–H groups in total. The van der Waals surface area contributed by atoms with Gasteiger partial charge in [0.1, 0.15) is 17.1 Å². The van der Waals surface area contributed by atoms with Crippen LogP contribution in [-0.4, -0.2) is 43.7 Å². The minimum Gasteiger partial charge on any atom is -0.465 e. The lowest BCUT2D eigenvalue weighted by molar-refractivity contribution is 0.0599. The fourth-order valence-electron chi connectivity index (χ4n) is 2.58. The van der Waals surface area contributed by atoms with Crippen molar-refractivity contribution in [3.05, 3.63) is 23.2 Å². The zero-order chi connectivity index (χ0) is 13.8. The lowest BCUT2D eigenvalue weighted by atomic mass is 10.2. The molecule has 0 bridgehead atoms. The zero-order valence-electron chi connectivity index (χ0n) is 11.9. The van der Waals surface area contributed by atoms with Gasteiger partial charge in [0.25, 0.3) is 0 Å². The van der Waals surface area contributed by atoms with Crippen molar-refractivity contribution >= 4 is 5.97 Å². The first-order valence-electron chi connectivity index (χ1n) is 6.78. The first-order chi connectivity index (χ1) is 9.15. The Morgan fingerprint density at radius 2 is 2.42 bits per heavy atom. The summed E-state index contributed by atoms with van der Waals surface area (Å²) < 4.78 is 10.4. The van der Waals surface area contributed by atoms with Gasteiger partial charge >= 0.3 is 5.97 Å². The number of furan rings is 1. The van der Waals surface area contributed by atoms with Crippen LogP contribution in [0.15, 0.2) is 10.5 Å². The molecule has 1 fully saturated rings. The molecule has 1 saturated heterocycles. The largest absolute Gasteiger partial charge is 0.465 e. The van der Waals surface area contributed by atoms with Gasteiger partial charge in [-0.2, -0.15) is 0 Å². The summed E-state index contributed by atoms with van der Waals surface area (Å²) in [5.41, 5.74) is 0.526. The quantitative estimate of drug-likeness (QED) is 0.820. The van der Waals surface area contributed by atoms with Crippen LogP contribution in [0.3, 0.4) is 0 Å². The summed E-state index contributed by atoms with van der Waals surface area (Å²) >= 11 is 0. The van der Waals surface area contributed by atoms with Crippen LogP contribution in [0, 0.1) is 6.92 Å². The molecular formula is C14H22N2O3. The Balaban J connectivity index is 2.07. The third-order valence-electron chi connectivity index (χ3n) is 3.69. The number of ether oxygens (including phenoxy) is 1. The molecule has 106 valence electrons. The topological polar surface area (TPSA) is 54.7 Å². The van der Waals surface area contributed by atoms with Gasteiger partial charge in [0.05, 0.1) is 13.7 Å². The van der Waals surface area contributed by atoms with Crippen molar-refractivity contribution in [1.82, 2.24) is 10.2 Å². The van der Waals surface area contributed by atoms with Crippen molar-refractivity contribution in [3.8, 4) is 0 Å².